The molecule has 2 aromatic rings. The topological polar surface area (TPSA) is 58.6 Å². The number of anilines is 1. The molecule has 4 nitrogen and oxygen atoms in total. The number of aliphatic hydroxyl groups is 1. The van der Waals surface area contributed by atoms with Crippen LogP contribution in [-0.4, -0.2) is 22.8 Å². The van der Waals surface area contributed by atoms with Gasteiger partial charge in [-0.25, -0.2) is 0 Å². The fourth-order valence-electron chi connectivity index (χ4n) is 1.85. The van der Waals surface area contributed by atoms with Crippen molar-refractivity contribution >= 4 is 11.6 Å². The Balaban J connectivity index is 1.95. The Bertz CT molecular complexity index is 682. The summed E-state index contributed by atoms with van der Waals surface area (Å²) in [5, 5.41) is 11.6. The Hall–Kier alpha value is -2.54. The van der Waals surface area contributed by atoms with Gasteiger partial charge in [0.25, 0.3) is 0 Å². The Kier molecular flexibility index (Phi) is 5.14. The van der Waals surface area contributed by atoms with Gasteiger partial charge in [-0.15, -0.1) is 0 Å². The molecule has 2 rings (SSSR count). The number of hydrogen-bond acceptors (Lipinski definition) is 3. The third-order valence-corrected chi connectivity index (χ3v) is 3.23. The molecule has 0 aliphatic carbocycles. The first-order valence-electron chi connectivity index (χ1n) is 7.09. The van der Waals surface area contributed by atoms with E-state index in [9.17, 15) is 23.1 Å². The van der Waals surface area contributed by atoms with Gasteiger partial charge in [-0.05, 0) is 43.3 Å². The monoisotopic (exact) mass is 339 g/mol. The lowest BCUT2D eigenvalue weighted by Gasteiger charge is -2.25. The smallest absolute Gasteiger partial charge is 0.417 e. The number of benzene rings is 2. The van der Waals surface area contributed by atoms with Gasteiger partial charge in [-0.2, -0.15) is 13.2 Å². The van der Waals surface area contributed by atoms with Crippen LogP contribution < -0.4 is 10.1 Å². The lowest BCUT2D eigenvalue weighted by atomic mass is 10.0. The Morgan fingerprint density at radius 2 is 1.58 bits per heavy atom. The lowest BCUT2D eigenvalue weighted by molar-refractivity contribution is -0.252. The highest BCUT2D eigenvalue weighted by Gasteiger charge is 2.50. The van der Waals surface area contributed by atoms with Crippen molar-refractivity contribution in [1.29, 1.82) is 0 Å². The molecule has 24 heavy (non-hydrogen) atoms. The van der Waals surface area contributed by atoms with E-state index in [4.69, 9.17) is 4.74 Å². The minimum Gasteiger partial charge on any atom is -0.457 e. The maximum atomic E-state index is 12.5. The molecule has 1 amide bonds. The summed E-state index contributed by atoms with van der Waals surface area (Å²) in [6.07, 6.45) is -5.96. The molecule has 0 fully saturated rings. The molecule has 0 heterocycles. The van der Waals surface area contributed by atoms with Gasteiger partial charge in [-0.3, -0.25) is 4.79 Å². The summed E-state index contributed by atoms with van der Waals surface area (Å²) < 4.78 is 43.2. The van der Waals surface area contributed by atoms with Gasteiger partial charge in [0.05, 0.1) is 6.42 Å². The van der Waals surface area contributed by atoms with E-state index in [1.807, 2.05) is 18.2 Å². The molecule has 128 valence electrons. The molecule has 0 unspecified atom stereocenters. The molecule has 2 N–H and O–H groups in total. The number of carbonyl (C=O) groups excluding carboxylic acids is 1. The van der Waals surface area contributed by atoms with Gasteiger partial charge in [-0.1, -0.05) is 18.2 Å². The van der Waals surface area contributed by atoms with Gasteiger partial charge in [0, 0.05) is 5.69 Å². The van der Waals surface area contributed by atoms with E-state index < -0.39 is 24.1 Å². The van der Waals surface area contributed by atoms with Crippen LogP contribution in [0.5, 0.6) is 11.5 Å². The molecule has 7 heteroatoms. The van der Waals surface area contributed by atoms with Crippen LogP contribution in [0.4, 0.5) is 18.9 Å². The third-order valence-electron chi connectivity index (χ3n) is 3.23. The van der Waals surface area contributed by atoms with Crippen molar-refractivity contribution in [2.24, 2.45) is 0 Å². The van der Waals surface area contributed by atoms with Gasteiger partial charge >= 0.3 is 6.18 Å². The Morgan fingerprint density at radius 3 is 2.12 bits per heavy atom. The number of alkyl halides is 3. The summed E-state index contributed by atoms with van der Waals surface area (Å²) in [6, 6.07) is 15.2. The van der Waals surface area contributed by atoms with E-state index in [0.717, 1.165) is 0 Å². The first kappa shape index (κ1) is 17.8. The number of hydrogen-bond donors (Lipinski definition) is 2. The van der Waals surface area contributed by atoms with E-state index >= 15 is 0 Å². The average Bonchev–Trinajstić information content (AvgIpc) is 2.48. The predicted molar refractivity (Wildman–Crippen MR) is 82.9 cm³/mol. The van der Waals surface area contributed by atoms with Gasteiger partial charge < -0.3 is 15.2 Å². The van der Waals surface area contributed by atoms with E-state index in [0.29, 0.717) is 24.1 Å². The van der Waals surface area contributed by atoms with Gasteiger partial charge in [0.2, 0.25) is 5.91 Å². The van der Waals surface area contributed by atoms with Crippen molar-refractivity contribution in [3.8, 4) is 11.5 Å². The largest absolute Gasteiger partial charge is 0.457 e. The van der Waals surface area contributed by atoms with Crippen molar-refractivity contribution in [2.75, 3.05) is 5.32 Å². The standard InChI is InChI=1S/C17H16F3NO3/c1-16(23,17(18,19)20)11-15(22)21-12-7-9-14(10-8-12)24-13-5-3-2-4-6-13/h2-10,23H,11H2,1H3,(H,21,22)/t16-/m1/s1. The van der Waals surface area contributed by atoms with Crippen molar-refractivity contribution < 1.29 is 27.8 Å². The van der Waals surface area contributed by atoms with Crippen LogP contribution in [-0.2, 0) is 4.79 Å². The summed E-state index contributed by atoms with van der Waals surface area (Å²) in [6.45, 7) is 0.559. The molecule has 0 bridgehead atoms. The average molecular weight is 339 g/mol. The van der Waals surface area contributed by atoms with Gasteiger partial charge in [0.15, 0.2) is 5.60 Å². The Morgan fingerprint density at radius 1 is 1.04 bits per heavy atom. The number of carbonyl (C=O) groups is 1. The number of amides is 1. The highest BCUT2D eigenvalue weighted by atomic mass is 19.4. The summed E-state index contributed by atoms with van der Waals surface area (Å²) in [5.74, 6) is 0.214. The molecule has 1 atom stereocenters. The zero-order valence-corrected chi connectivity index (χ0v) is 12.8. The van der Waals surface area contributed by atoms with E-state index in [1.165, 1.54) is 12.1 Å². The van der Waals surface area contributed by atoms with Crippen LogP contribution in [0.3, 0.4) is 0 Å². The summed E-state index contributed by atoms with van der Waals surface area (Å²) in [4.78, 5) is 11.6. The highest BCUT2D eigenvalue weighted by Crippen LogP contribution is 2.33. The quantitative estimate of drug-likeness (QED) is 0.861. The first-order chi connectivity index (χ1) is 11.2. The summed E-state index contributed by atoms with van der Waals surface area (Å²) in [5.41, 5.74) is -2.77. The van der Waals surface area contributed by atoms with E-state index in [-0.39, 0.29) is 0 Å². The number of para-hydroxylation sites is 1. The molecule has 0 aliphatic heterocycles. The van der Waals surface area contributed by atoms with Crippen LogP contribution in [0.25, 0.3) is 0 Å². The fraction of sp³-hybridized carbons (Fsp3) is 0.235. The normalized spacial score (nSPS) is 13.9. The first-order valence-corrected chi connectivity index (χ1v) is 7.09. The minimum atomic E-state index is -4.88. The molecule has 0 aromatic heterocycles. The van der Waals surface area contributed by atoms with Crippen LogP contribution in [0.15, 0.2) is 54.6 Å². The second-order valence-corrected chi connectivity index (χ2v) is 5.44. The second kappa shape index (κ2) is 6.92. The van der Waals surface area contributed by atoms with Gasteiger partial charge in [0.1, 0.15) is 11.5 Å². The summed E-state index contributed by atoms with van der Waals surface area (Å²) >= 11 is 0. The van der Waals surface area contributed by atoms with Crippen LogP contribution in [0.1, 0.15) is 13.3 Å². The van der Waals surface area contributed by atoms with E-state index in [2.05, 4.69) is 5.32 Å². The van der Waals surface area contributed by atoms with Crippen LogP contribution in [0.2, 0.25) is 0 Å². The van der Waals surface area contributed by atoms with Crippen molar-refractivity contribution in [1.82, 2.24) is 0 Å². The van der Waals surface area contributed by atoms with Crippen molar-refractivity contribution in [2.45, 2.75) is 25.1 Å². The molecule has 0 aliphatic rings. The minimum absolute atomic E-state index is 0.304. The van der Waals surface area contributed by atoms with E-state index in [1.54, 1.807) is 24.3 Å². The molecular formula is C17H16F3NO3. The second-order valence-electron chi connectivity index (χ2n) is 5.44. The number of rotatable bonds is 5. The zero-order valence-electron chi connectivity index (χ0n) is 12.8. The molecule has 2 aromatic carbocycles. The van der Waals surface area contributed by atoms with Crippen molar-refractivity contribution in [3.63, 3.8) is 0 Å². The maximum absolute atomic E-state index is 12.5. The number of ether oxygens (including phenoxy) is 1. The predicted octanol–water partition coefficient (Wildman–Crippen LogP) is 4.12. The number of nitrogens with one attached hydrogen (secondary N) is 1. The van der Waals surface area contributed by atoms with Crippen molar-refractivity contribution in [3.05, 3.63) is 54.6 Å². The Labute approximate surface area is 136 Å². The molecule has 0 saturated heterocycles. The molecule has 0 spiro atoms. The zero-order chi connectivity index (χ0) is 17.8. The highest BCUT2D eigenvalue weighted by molar-refractivity contribution is 5.91. The molecular weight excluding hydrogens is 323 g/mol. The third kappa shape index (κ3) is 4.73. The lowest BCUT2D eigenvalue weighted by Crippen LogP contribution is -2.44. The molecule has 0 radical (unpaired) electrons. The van der Waals surface area contributed by atoms with Crippen LogP contribution >= 0.6 is 0 Å². The van der Waals surface area contributed by atoms with Crippen LogP contribution in [0, 0.1) is 0 Å². The summed E-state index contributed by atoms with van der Waals surface area (Å²) in [7, 11) is 0. The number of halogens is 3. The SMILES string of the molecule is C[C@@](O)(CC(=O)Nc1ccc(Oc2ccccc2)cc1)C(F)(F)F. The maximum Gasteiger partial charge on any atom is 0.417 e. The molecule has 0 saturated carbocycles. The fourth-order valence-corrected chi connectivity index (χ4v) is 1.85.